The van der Waals surface area contributed by atoms with Gasteiger partial charge in [0.25, 0.3) is 0 Å². The van der Waals surface area contributed by atoms with Crippen LogP contribution in [0.3, 0.4) is 0 Å². The summed E-state index contributed by atoms with van der Waals surface area (Å²) in [6.45, 7) is 6.32. The summed E-state index contributed by atoms with van der Waals surface area (Å²) in [5, 5.41) is 0. The van der Waals surface area contributed by atoms with Gasteiger partial charge in [-0.25, -0.2) is 4.39 Å². The van der Waals surface area contributed by atoms with Crippen LogP contribution in [0.15, 0.2) is 42.5 Å². The van der Waals surface area contributed by atoms with Crippen molar-refractivity contribution < 1.29 is 9.18 Å². The lowest BCUT2D eigenvalue weighted by Crippen LogP contribution is -2.06. The predicted octanol–water partition coefficient (Wildman–Crippen LogP) is 4.56. The minimum atomic E-state index is -0.469. The van der Waals surface area contributed by atoms with Crippen LogP contribution in [-0.2, 0) is 6.42 Å². The molecule has 104 valence electrons. The molecule has 0 heterocycles. The highest BCUT2D eigenvalue weighted by atomic mass is 19.1. The normalized spacial score (nSPS) is 10.8. The zero-order valence-electron chi connectivity index (χ0n) is 12.1. The van der Waals surface area contributed by atoms with E-state index in [-0.39, 0.29) is 11.3 Å². The molecule has 0 aliphatic rings. The number of aryl methyl sites for hydroxylation is 1. The van der Waals surface area contributed by atoms with Crippen molar-refractivity contribution in [1.82, 2.24) is 0 Å². The number of halogens is 1. The summed E-state index contributed by atoms with van der Waals surface area (Å²) in [5.41, 5.74) is 3.01. The van der Waals surface area contributed by atoms with Crippen molar-refractivity contribution in [3.05, 3.63) is 70.5 Å². The third-order valence-electron chi connectivity index (χ3n) is 3.36. The first-order valence-corrected chi connectivity index (χ1v) is 6.87. The summed E-state index contributed by atoms with van der Waals surface area (Å²) >= 11 is 0. The molecule has 0 aliphatic heterocycles. The van der Waals surface area contributed by atoms with E-state index in [0.29, 0.717) is 11.5 Å². The van der Waals surface area contributed by atoms with Crippen molar-refractivity contribution in [2.75, 3.05) is 0 Å². The van der Waals surface area contributed by atoms with Crippen LogP contribution in [0.2, 0.25) is 0 Å². The van der Waals surface area contributed by atoms with Gasteiger partial charge in [-0.2, -0.15) is 0 Å². The molecule has 0 saturated carbocycles. The van der Waals surface area contributed by atoms with Gasteiger partial charge in [-0.05, 0) is 48.6 Å². The smallest absolute Gasteiger partial charge is 0.195 e. The molecule has 0 radical (unpaired) electrons. The fourth-order valence-corrected chi connectivity index (χ4v) is 2.27. The maximum absolute atomic E-state index is 13.7. The molecule has 0 atom stereocenters. The van der Waals surface area contributed by atoms with Gasteiger partial charge in [0.05, 0.1) is 5.56 Å². The Hall–Kier alpha value is -1.96. The van der Waals surface area contributed by atoms with E-state index in [1.807, 2.05) is 19.1 Å². The summed E-state index contributed by atoms with van der Waals surface area (Å²) in [7, 11) is 0. The van der Waals surface area contributed by atoms with Crippen LogP contribution >= 0.6 is 0 Å². The first kappa shape index (κ1) is 14.4. The lowest BCUT2D eigenvalue weighted by molar-refractivity contribution is 0.103. The molecule has 2 aromatic carbocycles. The molecule has 0 aromatic heterocycles. The van der Waals surface area contributed by atoms with Crippen LogP contribution in [0.1, 0.15) is 40.9 Å². The number of carbonyl (C=O) groups excluding carboxylic acids is 1. The lowest BCUT2D eigenvalue weighted by atomic mass is 9.94. The number of hydrogen-bond acceptors (Lipinski definition) is 1. The zero-order valence-corrected chi connectivity index (χ0v) is 12.1. The van der Waals surface area contributed by atoms with Gasteiger partial charge < -0.3 is 0 Å². The zero-order chi connectivity index (χ0) is 14.7. The van der Waals surface area contributed by atoms with Crippen molar-refractivity contribution in [2.45, 2.75) is 27.2 Å². The van der Waals surface area contributed by atoms with Crippen molar-refractivity contribution >= 4 is 5.78 Å². The van der Waals surface area contributed by atoms with Crippen LogP contribution in [0.4, 0.5) is 4.39 Å². The second-order valence-electron chi connectivity index (χ2n) is 5.55. The first-order valence-electron chi connectivity index (χ1n) is 6.87. The highest BCUT2D eigenvalue weighted by molar-refractivity contribution is 6.09. The Bertz CT molecular complexity index is 629. The Balaban J connectivity index is 2.38. The Morgan fingerprint density at radius 1 is 1.15 bits per heavy atom. The molecule has 2 rings (SSSR count). The van der Waals surface area contributed by atoms with E-state index in [0.717, 1.165) is 12.0 Å². The van der Waals surface area contributed by atoms with Crippen LogP contribution in [0.25, 0.3) is 0 Å². The fraction of sp³-hybridized carbons (Fsp3) is 0.278. The van der Waals surface area contributed by atoms with Crippen molar-refractivity contribution in [3.8, 4) is 0 Å². The van der Waals surface area contributed by atoms with E-state index >= 15 is 0 Å². The molecule has 20 heavy (non-hydrogen) atoms. The van der Waals surface area contributed by atoms with Gasteiger partial charge in [-0.1, -0.05) is 38.1 Å². The van der Waals surface area contributed by atoms with Gasteiger partial charge >= 0.3 is 0 Å². The Morgan fingerprint density at radius 3 is 2.50 bits per heavy atom. The first-order chi connectivity index (χ1) is 9.49. The molecular weight excluding hydrogens is 251 g/mol. The molecule has 1 nitrogen and oxygen atoms in total. The van der Waals surface area contributed by atoms with E-state index < -0.39 is 5.82 Å². The number of rotatable bonds is 4. The van der Waals surface area contributed by atoms with Crippen LogP contribution in [0.5, 0.6) is 0 Å². The summed E-state index contributed by atoms with van der Waals surface area (Å²) in [6, 6.07) is 11.7. The van der Waals surface area contributed by atoms with Gasteiger partial charge in [0.1, 0.15) is 5.82 Å². The van der Waals surface area contributed by atoms with Crippen molar-refractivity contribution in [1.29, 1.82) is 0 Å². The van der Waals surface area contributed by atoms with E-state index in [9.17, 15) is 9.18 Å². The Kier molecular flexibility index (Phi) is 4.33. The van der Waals surface area contributed by atoms with Gasteiger partial charge in [0.2, 0.25) is 0 Å². The summed E-state index contributed by atoms with van der Waals surface area (Å²) in [5.74, 6) is -0.205. The highest BCUT2D eigenvalue weighted by Crippen LogP contribution is 2.19. The molecule has 0 aliphatic carbocycles. The summed E-state index contributed by atoms with van der Waals surface area (Å²) in [4.78, 5) is 12.4. The Labute approximate surface area is 119 Å². The monoisotopic (exact) mass is 270 g/mol. The van der Waals surface area contributed by atoms with E-state index in [4.69, 9.17) is 0 Å². The molecule has 2 heteroatoms. The minimum absolute atomic E-state index is 0.131. The molecular formula is C18H19FO. The van der Waals surface area contributed by atoms with Gasteiger partial charge in [-0.3, -0.25) is 4.79 Å². The largest absolute Gasteiger partial charge is 0.288 e. The third-order valence-corrected chi connectivity index (χ3v) is 3.36. The topological polar surface area (TPSA) is 17.1 Å². The second-order valence-corrected chi connectivity index (χ2v) is 5.55. The van der Waals surface area contributed by atoms with Gasteiger partial charge in [0.15, 0.2) is 5.78 Å². The fourth-order valence-electron chi connectivity index (χ4n) is 2.27. The predicted molar refractivity (Wildman–Crippen MR) is 79.6 cm³/mol. The van der Waals surface area contributed by atoms with Crippen LogP contribution in [0, 0.1) is 18.7 Å². The van der Waals surface area contributed by atoms with Crippen molar-refractivity contribution in [2.24, 2.45) is 5.92 Å². The molecule has 0 amide bonds. The maximum Gasteiger partial charge on any atom is 0.195 e. The van der Waals surface area contributed by atoms with E-state index in [2.05, 4.69) is 13.8 Å². The summed E-state index contributed by atoms with van der Waals surface area (Å²) in [6.07, 6.45) is 0.921. The number of hydrogen-bond donors (Lipinski definition) is 0. The maximum atomic E-state index is 13.7. The Morgan fingerprint density at radius 2 is 1.85 bits per heavy atom. The average molecular weight is 270 g/mol. The van der Waals surface area contributed by atoms with Crippen molar-refractivity contribution in [3.63, 3.8) is 0 Å². The molecule has 0 unspecified atom stereocenters. The number of benzene rings is 2. The minimum Gasteiger partial charge on any atom is -0.288 e. The number of ketones is 1. The molecule has 2 aromatic rings. The van der Waals surface area contributed by atoms with E-state index in [1.165, 1.54) is 17.7 Å². The second kappa shape index (κ2) is 6.00. The average Bonchev–Trinajstić information content (AvgIpc) is 2.40. The van der Waals surface area contributed by atoms with Crippen LogP contribution in [-0.4, -0.2) is 5.78 Å². The lowest BCUT2D eigenvalue weighted by Gasteiger charge is -2.11. The van der Waals surface area contributed by atoms with Gasteiger partial charge in [-0.15, -0.1) is 0 Å². The quantitative estimate of drug-likeness (QED) is 0.744. The molecule has 0 bridgehead atoms. The highest BCUT2D eigenvalue weighted by Gasteiger charge is 2.14. The van der Waals surface area contributed by atoms with E-state index in [1.54, 1.807) is 18.2 Å². The molecule has 0 fully saturated rings. The summed E-state index contributed by atoms with van der Waals surface area (Å²) < 4.78 is 13.7. The molecule has 0 saturated heterocycles. The molecule has 0 N–H and O–H groups in total. The SMILES string of the molecule is Cc1ccc(C(=O)c2ccccc2F)cc1CC(C)C. The van der Waals surface area contributed by atoms with Gasteiger partial charge in [0, 0.05) is 5.56 Å². The number of carbonyl (C=O) groups is 1. The van der Waals surface area contributed by atoms with Crippen LogP contribution < -0.4 is 0 Å². The third kappa shape index (κ3) is 3.13. The standard InChI is InChI=1S/C18H19FO/c1-12(2)10-15-11-14(9-8-13(15)3)18(20)16-6-4-5-7-17(16)19/h4-9,11-12H,10H2,1-3H3. The molecule has 0 spiro atoms.